The number of hydrogen-bond donors (Lipinski definition) is 0. The second-order valence-electron chi connectivity index (χ2n) is 18.7. The Hall–Kier alpha value is -2.48. The van der Waals surface area contributed by atoms with Crippen molar-refractivity contribution in [2.75, 3.05) is 0 Å². The maximum Gasteiger partial charge on any atom is 0.210 e. The average Bonchev–Trinajstić information content (AvgIpc) is 3.59. The van der Waals surface area contributed by atoms with Crippen LogP contribution >= 0.6 is 0 Å². The molecule has 2 aromatic rings. The van der Waals surface area contributed by atoms with Crippen LogP contribution in [-0.4, -0.2) is 4.70 Å². The molecule has 0 aromatic heterocycles. The summed E-state index contributed by atoms with van der Waals surface area (Å²) < 4.78 is 1.52. The highest BCUT2D eigenvalue weighted by Gasteiger charge is 2.29. The number of rotatable bonds is 40. The van der Waals surface area contributed by atoms with Gasteiger partial charge >= 0.3 is 0 Å². The molecule has 0 saturated carbocycles. The van der Waals surface area contributed by atoms with Gasteiger partial charge in [-0.3, -0.25) is 0 Å². The quantitative estimate of drug-likeness (QED) is 0.0473. The predicted octanol–water partition coefficient (Wildman–Crippen LogP) is 19.7. The lowest BCUT2D eigenvalue weighted by molar-refractivity contribution is -0.344. The summed E-state index contributed by atoms with van der Waals surface area (Å²) in [6.07, 6.45) is 54.3. The fourth-order valence-corrected chi connectivity index (χ4v) is 9.34. The van der Waals surface area contributed by atoms with Gasteiger partial charge in [0, 0.05) is 22.8 Å². The van der Waals surface area contributed by atoms with Crippen molar-refractivity contribution >= 4 is 11.4 Å². The molecule has 0 amide bonds. The molecule has 1 heterocycles. The molecule has 0 fully saturated rings. The molecule has 2 nitrogen and oxygen atoms in total. The highest BCUT2D eigenvalue weighted by molar-refractivity contribution is 5.78. The van der Waals surface area contributed by atoms with Gasteiger partial charge in [-0.15, -0.1) is 0 Å². The zero-order chi connectivity index (χ0) is 41.9. The van der Waals surface area contributed by atoms with Crippen LogP contribution in [0.5, 0.6) is 0 Å². The van der Waals surface area contributed by atoms with E-state index in [1.54, 1.807) is 0 Å². The minimum atomic E-state index is 0.934. The van der Waals surface area contributed by atoms with Crippen molar-refractivity contribution in [2.24, 2.45) is 0 Å². The van der Waals surface area contributed by atoms with Crippen molar-refractivity contribution in [3.63, 3.8) is 0 Å². The lowest BCUT2D eigenvalue weighted by Gasteiger charge is -2.12. The van der Waals surface area contributed by atoms with E-state index in [2.05, 4.69) is 75.4 Å². The fraction of sp³-hybridized carbons (Fsp3) is 0.719. The molecule has 0 aliphatic carbocycles. The summed E-state index contributed by atoms with van der Waals surface area (Å²) in [5.74, 6) is 0. The summed E-state index contributed by atoms with van der Waals surface area (Å²) in [6, 6.07) is 17.9. The first-order valence-electron chi connectivity index (χ1n) is 26.3. The SMILES string of the molecule is CCCCCCCCCCCCCCCCCCCCCCCCCCCCCC1=C(c2cccc(CCCCCC)c2)[N+](=[N-])C(c2cccc(CCCCCC)c2)=C1. The summed E-state index contributed by atoms with van der Waals surface area (Å²) >= 11 is 0. The van der Waals surface area contributed by atoms with Gasteiger partial charge in [-0.1, -0.05) is 251 Å². The monoisotopic (exact) mass is 807 g/mol. The van der Waals surface area contributed by atoms with Gasteiger partial charge in [-0.2, -0.15) is 0 Å². The normalized spacial score (nSPS) is 12.9. The number of hydrogen-bond acceptors (Lipinski definition) is 0. The summed E-state index contributed by atoms with van der Waals surface area (Å²) in [7, 11) is 0. The molecule has 0 saturated heterocycles. The Morgan fingerprint density at radius 1 is 0.356 bits per heavy atom. The molecule has 0 N–H and O–H groups in total. The van der Waals surface area contributed by atoms with Crippen molar-refractivity contribution in [1.82, 2.24) is 0 Å². The summed E-state index contributed by atoms with van der Waals surface area (Å²) in [5, 5.41) is 0. The Bertz CT molecular complexity index is 1400. The van der Waals surface area contributed by atoms with Crippen LogP contribution in [0.15, 0.2) is 60.2 Å². The predicted molar refractivity (Wildman–Crippen MR) is 262 cm³/mol. The maximum atomic E-state index is 11.8. The maximum absolute atomic E-state index is 11.8. The molecule has 1 aliphatic heterocycles. The molecule has 3 rings (SSSR count). The number of allylic oxidation sites excluding steroid dienone is 2. The molecule has 2 heteroatoms. The third-order valence-corrected chi connectivity index (χ3v) is 13.2. The first-order chi connectivity index (χ1) is 29.2. The molecule has 332 valence electrons. The number of benzene rings is 2. The van der Waals surface area contributed by atoms with Crippen LogP contribution in [-0.2, 0) is 12.8 Å². The van der Waals surface area contributed by atoms with Gasteiger partial charge in [0.2, 0.25) is 11.4 Å². The van der Waals surface area contributed by atoms with E-state index in [1.807, 2.05) is 0 Å². The molecular formula is C57H94N2. The van der Waals surface area contributed by atoms with E-state index >= 15 is 0 Å². The van der Waals surface area contributed by atoms with Gasteiger partial charge in [0.25, 0.3) is 0 Å². The van der Waals surface area contributed by atoms with Crippen LogP contribution < -0.4 is 0 Å². The third-order valence-electron chi connectivity index (χ3n) is 13.2. The number of aryl methyl sites for hydroxylation is 2. The zero-order valence-electron chi connectivity index (χ0n) is 39.5. The minimum Gasteiger partial charge on any atom is -0.493 e. The van der Waals surface area contributed by atoms with Crippen molar-refractivity contribution in [3.05, 3.63) is 88.0 Å². The Kier molecular flexibility index (Phi) is 30.3. The molecule has 0 unspecified atom stereocenters. The highest BCUT2D eigenvalue weighted by atomic mass is 15.2. The van der Waals surface area contributed by atoms with E-state index in [4.69, 9.17) is 0 Å². The van der Waals surface area contributed by atoms with Crippen molar-refractivity contribution in [2.45, 2.75) is 265 Å². The van der Waals surface area contributed by atoms with Crippen molar-refractivity contribution in [3.8, 4) is 0 Å². The fourth-order valence-electron chi connectivity index (χ4n) is 9.34. The Morgan fingerprint density at radius 2 is 0.661 bits per heavy atom. The molecule has 0 bridgehead atoms. The van der Waals surface area contributed by atoms with E-state index in [0.29, 0.717) is 0 Å². The van der Waals surface area contributed by atoms with E-state index in [-0.39, 0.29) is 0 Å². The summed E-state index contributed by atoms with van der Waals surface area (Å²) in [6.45, 7) is 6.86. The topological polar surface area (TPSA) is 25.3 Å². The number of nitrogens with zero attached hydrogens (tertiary/aromatic N) is 2. The lowest BCUT2D eigenvalue weighted by atomic mass is 9.98. The summed E-state index contributed by atoms with van der Waals surface area (Å²) in [4.78, 5) is 0. The molecule has 0 radical (unpaired) electrons. The van der Waals surface area contributed by atoms with Crippen LogP contribution in [0.4, 0.5) is 0 Å². The van der Waals surface area contributed by atoms with Crippen LogP contribution in [0.1, 0.15) is 274 Å². The van der Waals surface area contributed by atoms with E-state index in [0.717, 1.165) is 41.8 Å². The minimum absolute atomic E-state index is 0.934. The van der Waals surface area contributed by atoms with E-state index in [1.165, 1.54) is 246 Å². The Balaban J connectivity index is 1.27. The average molecular weight is 807 g/mol. The van der Waals surface area contributed by atoms with E-state index in [9.17, 15) is 5.53 Å². The van der Waals surface area contributed by atoms with Gasteiger partial charge in [0.05, 0.1) is 0 Å². The van der Waals surface area contributed by atoms with Gasteiger partial charge in [0.1, 0.15) is 0 Å². The van der Waals surface area contributed by atoms with E-state index < -0.39 is 0 Å². The van der Waals surface area contributed by atoms with Crippen molar-refractivity contribution < 1.29 is 4.70 Å². The second-order valence-corrected chi connectivity index (χ2v) is 18.7. The molecule has 0 atom stereocenters. The summed E-state index contributed by atoms with van der Waals surface area (Å²) in [5.41, 5.74) is 20.1. The lowest BCUT2D eigenvalue weighted by Crippen LogP contribution is -2.03. The molecule has 1 aliphatic rings. The smallest absolute Gasteiger partial charge is 0.210 e. The molecule has 2 aromatic carbocycles. The Morgan fingerprint density at radius 3 is 1.05 bits per heavy atom. The standard InChI is InChI=1S/C57H94N2/c1-4-7-10-13-14-15-16-17-18-19-20-21-22-23-24-25-26-27-28-29-30-31-32-33-34-35-38-45-55-50-56(53-46-39-43-51(48-53)41-36-11-8-5-2)59(58)57(55)54-47-40-44-52(49-54)42-37-12-9-6-3/h39-40,43-44,46-50H,4-38,41-42,45H2,1-3H3. The van der Waals surface area contributed by atoms with Gasteiger partial charge in [0.15, 0.2) is 0 Å². The first kappa shape index (κ1) is 50.9. The van der Waals surface area contributed by atoms with Gasteiger partial charge < -0.3 is 5.53 Å². The first-order valence-corrected chi connectivity index (χ1v) is 26.3. The van der Waals surface area contributed by atoms with Crippen LogP contribution in [0.25, 0.3) is 16.9 Å². The van der Waals surface area contributed by atoms with Gasteiger partial charge in [-0.25, -0.2) is 4.70 Å². The largest absolute Gasteiger partial charge is 0.493 e. The van der Waals surface area contributed by atoms with Crippen LogP contribution in [0.3, 0.4) is 0 Å². The second kappa shape index (κ2) is 35.2. The third kappa shape index (κ3) is 23.4. The zero-order valence-corrected chi connectivity index (χ0v) is 39.5. The van der Waals surface area contributed by atoms with Crippen molar-refractivity contribution in [1.29, 1.82) is 0 Å². The Labute approximate surface area is 367 Å². The molecule has 59 heavy (non-hydrogen) atoms. The number of unbranched alkanes of at least 4 members (excludes halogenated alkanes) is 32. The molecular weight excluding hydrogens is 713 g/mol. The van der Waals surface area contributed by atoms with Crippen LogP contribution in [0, 0.1) is 0 Å². The van der Waals surface area contributed by atoms with Gasteiger partial charge in [-0.05, 0) is 73.9 Å². The van der Waals surface area contributed by atoms with Crippen LogP contribution in [0.2, 0.25) is 0 Å². The highest BCUT2D eigenvalue weighted by Crippen LogP contribution is 2.38. The molecule has 0 spiro atoms.